The van der Waals surface area contributed by atoms with Crippen LogP contribution in [0.5, 0.6) is 0 Å². The number of hydrogen-bond acceptors (Lipinski definition) is 5. The fourth-order valence-electron chi connectivity index (χ4n) is 2.75. The summed E-state index contributed by atoms with van der Waals surface area (Å²) in [4.78, 5) is 11.2. The molecule has 4 rings (SSSR count). The molecule has 2 aromatic carbocycles. The fourth-order valence-corrected chi connectivity index (χ4v) is 4.13. The molecule has 0 aliphatic rings. The normalized spacial score (nSPS) is 11.0. The van der Waals surface area contributed by atoms with Crippen LogP contribution in [-0.4, -0.2) is 16.2 Å². The average Bonchev–Trinajstić information content (AvgIpc) is 3.08. The predicted molar refractivity (Wildman–Crippen MR) is 109 cm³/mol. The van der Waals surface area contributed by atoms with Crippen LogP contribution in [0.15, 0.2) is 65.1 Å². The van der Waals surface area contributed by atoms with Gasteiger partial charge in [-0.1, -0.05) is 35.9 Å². The third-order valence-electron chi connectivity index (χ3n) is 4.07. The zero-order valence-corrected chi connectivity index (χ0v) is 15.6. The van der Waals surface area contributed by atoms with E-state index in [1.54, 1.807) is 29.4 Å². The lowest BCUT2D eigenvalue weighted by atomic mass is 10.0. The summed E-state index contributed by atoms with van der Waals surface area (Å²) in [6, 6.07) is 16.9. The number of aryl methyl sites for hydroxylation is 1. The molecule has 0 amide bonds. The van der Waals surface area contributed by atoms with Crippen molar-refractivity contribution >= 4 is 44.8 Å². The van der Waals surface area contributed by atoms with Crippen LogP contribution in [-0.2, 0) is 0 Å². The smallest absolute Gasteiger partial charge is 0.143 e. The van der Waals surface area contributed by atoms with Crippen molar-refractivity contribution in [1.29, 1.82) is 0 Å². The van der Waals surface area contributed by atoms with Crippen LogP contribution in [0.3, 0.4) is 0 Å². The van der Waals surface area contributed by atoms with Gasteiger partial charge in [0.05, 0.1) is 5.39 Å². The number of nitrogens with one attached hydrogen (secondary N) is 1. The summed E-state index contributed by atoms with van der Waals surface area (Å²) < 4.78 is 0. The highest BCUT2D eigenvalue weighted by molar-refractivity contribution is 7.98. The van der Waals surface area contributed by atoms with Crippen LogP contribution in [0.25, 0.3) is 21.3 Å². The fraction of sp³-hybridized carbons (Fsp3) is 0.100. The molecule has 0 fully saturated rings. The molecular formula is C20H17N3S2. The van der Waals surface area contributed by atoms with Gasteiger partial charge in [0.25, 0.3) is 0 Å². The summed E-state index contributed by atoms with van der Waals surface area (Å²) in [5.74, 6) is 0.847. The van der Waals surface area contributed by atoms with Gasteiger partial charge < -0.3 is 5.32 Å². The van der Waals surface area contributed by atoms with Crippen molar-refractivity contribution in [2.75, 3.05) is 11.6 Å². The highest BCUT2D eigenvalue weighted by Crippen LogP contribution is 2.37. The number of thioether (sulfide) groups is 1. The Balaban J connectivity index is 1.81. The van der Waals surface area contributed by atoms with Crippen LogP contribution in [0.1, 0.15) is 5.56 Å². The molecule has 3 nitrogen and oxygen atoms in total. The zero-order chi connectivity index (χ0) is 17.2. The molecular weight excluding hydrogens is 346 g/mol. The Kier molecular flexibility index (Phi) is 4.42. The first kappa shape index (κ1) is 16.1. The Hall–Kier alpha value is -2.37. The Morgan fingerprint density at radius 1 is 1.04 bits per heavy atom. The third kappa shape index (κ3) is 3.25. The molecule has 0 bridgehead atoms. The van der Waals surface area contributed by atoms with Crippen molar-refractivity contribution in [3.8, 4) is 11.1 Å². The summed E-state index contributed by atoms with van der Waals surface area (Å²) in [7, 11) is 0. The number of fused-ring (bicyclic) bond motifs is 1. The van der Waals surface area contributed by atoms with Crippen molar-refractivity contribution in [2.45, 2.75) is 11.8 Å². The van der Waals surface area contributed by atoms with Gasteiger partial charge in [-0.3, -0.25) is 0 Å². The van der Waals surface area contributed by atoms with Gasteiger partial charge in [-0.05, 0) is 36.9 Å². The Labute approximate surface area is 155 Å². The first-order valence-electron chi connectivity index (χ1n) is 7.95. The van der Waals surface area contributed by atoms with Gasteiger partial charge >= 0.3 is 0 Å². The molecule has 5 heteroatoms. The van der Waals surface area contributed by atoms with Crippen LogP contribution < -0.4 is 5.32 Å². The Morgan fingerprint density at radius 3 is 2.68 bits per heavy atom. The summed E-state index contributed by atoms with van der Waals surface area (Å²) >= 11 is 3.38. The molecule has 0 spiro atoms. The average molecular weight is 364 g/mol. The molecule has 1 N–H and O–H groups in total. The Morgan fingerprint density at radius 2 is 1.88 bits per heavy atom. The second-order valence-corrected chi connectivity index (χ2v) is 7.51. The molecule has 0 aliphatic heterocycles. The maximum absolute atomic E-state index is 4.51. The van der Waals surface area contributed by atoms with Gasteiger partial charge in [0, 0.05) is 21.5 Å². The van der Waals surface area contributed by atoms with E-state index in [-0.39, 0.29) is 0 Å². The van der Waals surface area contributed by atoms with E-state index in [4.69, 9.17) is 0 Å². The zero-order valence-electron chi connectivity index (χ0n) is 14.0. The predicted octanol–water partition coefficient (Wildman–Crippen LogP) is 6.13. The van der Waals surface area contributed by atoms with Crippen LogP contribution >= 0.6 is 23.1 Å². The number of anilines is 2. The number of benzene rings is 2. The molecule has 0 atom stereocenters. The Bertz CT molecular complexity index is 1020. The quantitative estimate of drug-likeness (QED) is 0.442. The van der Waals surface area contributed by atoms with Crippen molar-refractivity contribution in [1.82, 2.24) is 9.97 Å². The van der Waals surface area contributed by atoms with E-state index >= 15 is 0 Å². The number of thiophene rings is 1. The summed E-state index contributed by atoms with van der Waals surface area (Å²) in [6.45, 7) is 2.10. The number of hydrogen-bond donors (Lipinski definition) is 1. The van der Waals surface area contributed by atoms with E-state index in [0.717, 1.165) is 21.7 Å². The van der Waals surface area contributed by atoms with E-state index in [9.17, 15) is 0 Å². The van der Waals surface area contributed by atoms with Crippen LogP contribution in [0, 0.1) is 6.92 Å². The summed E-state index contributed by atoms with van der Waals surface area (Å²) in [5, 5.41) is 6.71. The second-order valence-electron chi connectivity index (χ2n) is 5.77. The lowest BCUT2D eigenvalue weighted by Crippen LogP contribution is -1.95. The monoisotopic (exact) mass is 363 g/mol. The molecule has 124 valence electrons. The van der Waals surface area contributed by atoms with Crippen LogP contribution in [0.4, 0.5) is 11.5 Å². The molecule has 4 aromatic rings. The van der Waals surface area contributed by atoms with Gasteiger partial charge in [-0.2, -0.15) is 0 Å². The highest BCUT2D eigenvalue weighted by atomic mass is 32.2. The number of rotatable bonds is 4. The number of aromatic nitrogens is 2. The van der Waals surface area contributed by atoms with Crippen molar-refractivity contribution in [2.24, 2.45) is 0 Å². The molecule has 2 heterocycles. The van der Waals surface area contributed by atoms with Gasteiger partial charge in [-0.25, -0.2) is 9.97 Å². The van der Waals surface area contributed by atoms with E-state index in [1.165, 1.54) is 21.6 Å². The maximum atomic E-state index is 4.51. The third-order valence-corrected chi connectivity index (χ3v) is 5.68. The minimum atomic E-state index is 0.847. The lowest BCUT2D eigenvalue weighted by molar-refractivity contribution is 1.23. The van der Waals surface area contributed by atoms with Gasteiger partial charge in [0.15, 0.2) is 0 Å². The van der Waals surface area contributed by atoms with Crippen molar-refractivity contribution in [3.63, 3.8) is 0 Å². The van der Waals surface area contributed by atoms with E-state index in [0.29, 0.717) is 0 Å². The molecule has 0 unspecified atom stereocenters. The molecule has 0 radical (unpaired) electrons. The largest absolute Gasteiger partial charge is 0.340 e. The lowest BCUT2D eigenvalue weighted by Gasteiger charge is -2.09. The maximum Gasteiger partial charge on any atom is 0.143 e. The molecule has 0 aliphatic carbocycles. The molecule has 0 saturated carbocycles. The molecule has 25 heavy (non-hydrogen) atoms. The van der Waals surface area contributed by atoms with Gasteiger partial charge in [0.1, 0.15) is 17.0 Å². The van der Waals surface area contributed by atoms with Gasteiger partial charge in [-0.15, -0.1) is 23.1 Å². The summed E-state index contributed by atoms with van der Waals surface area (Å²) in [6.07, 6.45) is 3.70. The van der Waals surface area contributed by atoms with E-state index < -0.39 is 0 Å². The molecule has 2 aromatic heterocycles. The standard InChI is InChI=1S/C20H17N3S2/c1-13-6-8-14(9-7-13)17-11-25-20-18(17)19(21-12-22-20)23-15-4-3-5-16(10-15)24-2/h3-12H,1-2H3,(H,21,22,23). The highest BCUT2D eigenvalue weighted by Gasteiger charge is 2.13. The minimum Gasteiger partial charge on any atom is -0.340 e. The summed E-state index contributed by atoms with van der Waals surface area (Å²) in [5.41, 5.74) is 4.65. The number of nitrogens with zero attached hydrogens (tertiary/aromatic N) is 2. The van der Waals surface area contributed by atoms with Crippen molar-refractivity contribution < 1.29 is 0 Å². The first-order valence-corrected chi connectivity index (χ1v) is 10.1. The van der Waals surface area contributed by atoms with Crippen molar-refractivity contribution in [3.05, 3.63) is 65.8 Å². The molecule has 0 saturated heterocycles. The second kappa shape index (κ2) is 6.86. The SMILES string of the molecule is CSc1cccc(Nc2ncnc3scc(-c4ccc(C)cc4)c23)c1. The first-order chi connectivity index (χ1) is 12.2. The van der Waals surface area contributed by atoms with Crippen LogP contribution in [0.2, 0.25) is 0 Å². The minimum absolute atomic E-state index is 0.847. The van der Waals surface area contributed by atoms with E-state index in [2.05, 4.69) is 82.4 Å². The van der Waals surface area contributed by atoms with Gasteiger partial charge in [0.2, 0.25) is 0 Å². The topological polar surface area (TPSA) is 37.8 Å². The van der Waals surface area contributed by atoms with E-state index in [1.807, 2.05) is 0 Å².